The number of anilines is 1. The predicted molar refractivity (Wildman–Crippen MR) is 98.3 cm³/mol. The molecule has 0 atom stereocenters. The second-order valence-electron chi connectivity index (χ2n) is 6.09. The molecule has 1 saturated heterocycles. The summed E-state index contributed by atoms with van der Waals surface area (Å²) in [6, 6.07) is 13.1. The minimum absolute atomic E-state index is 0.400. The fourth-order valence-electron chi connectivity index (χ4n) is 2.95. The van der Waals surface area contributed by atoms with E-state index in [-0.39, 0.29) is 0 Å². The minimum atomic E-state index is -3.43. The van der Waals surface area contributed by atoms with Crippen LogP contribution in [0.4, 0.5) is 5.69 Å². The van der Waals surface area contributed by atoms with Gasteiger partial charge in [-0.05, 0) is 43.2 Å². The van der Waals surface area contributed by atoms with Crippen molar-refractivity contribution in [1.82, 2.24) is 4.31 Å². The van der Waals surface area contributed by atoms with Crippen molar-refractivity contribution >= 4 is 27.3 Å². The zero-order valence-electron chi connectivity index (χ0n) is 13.9. The number of piperazine rings is 1. The van der Waals surface area contributed by atoms with Gasteiger partial charge in [0.25, 0.3) is 0 Å². The van der Waals surface area contributed by atoms with Gasteiger partial charge in [0.05, 0.1) is 4.90 Å². The van der Waals surface area contributed by atoms with Gasteiger partial charge in [-0.15, -0.1) is 0 Å². The Kier molecular flexibility index (Phi) is 4.85. The largest absolute Gasteiger partial charge is 0.369 e. The number of aryl methyl sites for hydroxylation is 2. The summed E-state index contributed by atoms with van der Waals surface area (Å²) in [5.74, 6) is 0. The van der Waals surface area contributed by atoms with Gasteiger partial charge in [0.1, 0.15) is 0 Å². The van der Waals surface area contributed by atoms with Crippen LogP contribution in [-0.2, 0) is 10.0 Å². The normalized spacial score (nSPS) is 16.4. The van der Waals surface area contributed by atoms with E-state index in [0.717, 1.165) is 21.8 Å². The van der Waals surface area contributed by atoms with Gasteiger partial charge in [-0.3, -0.25) is 0 Å². The smallest absolute Gasteiger partial charge is 0.243 e. The third-order valence-electron chi connectivity index (χ3n) is 4.47. The molecule has 2 aromatic carbocycles. The van der Waals surface area contributed by atoms with Crippen LogP contribution in [0.15, 0.2) is 47.4 Å². The molecular formula is C18H21ClN2O2S. The van der Waals surface area contributed by atoms with Gasteiger partial charge in [0.15, 0.2) is 0 Å². The Morgan fingerprint density at radius 1 is 0.917 bits per heavy atom. The van der Waals surface area contributed by atoms with Gasteiger partial charge in [0.2, 0.25) is 10.0 Å². The zero-order valence-corrected chi connectivity index (χ0v) is 15.4. The first kappa shape index (κ1) is 17.3. The second-order valence-corrected chi connectivity index (χ2v) is 8.40. The highest BCUT2D eigenvalue weighted by Crippen LogP contribution is 2.26. The van der Waals surface area contributed by atoms with Gasteiger partial charge < -0.3 is 4.90 Å². The molecule has 0 amide bonds. The third-order valence-corrected chi connectivity index (χ3v) is 6.94. The molecule has 0 aromatic heterocycles. The summed E-state index contributed by atoms with van der Waals surface area (Å²) in [4.78, 5) is 2.58. The molecule has 24 heavy (non-hydrogen) atoms. The van der Waals surface area contributed by atoms with Gasteiger partial charge in [-0.25, -0.2) is 8.42 Å². The van der Waals surface area contributed by atoms with Crippen molar-refractivity contribution in [2.75, 3.05) is 31.1 Å². The van der Waals surface area contributed by atoms with Crippen LogP contribution >= 0.6 is 11.6 Å². The molecule has 6 heteroatoms. The van der Waals surface area contributed by atoms with Crippen LogP contribution in [0, 0.1) is 13.8 Å². The molecule has 0 radical (unpaired) electrons. The van der Waals surface area contributed by atoms with E-state index in [2.05, 4.69) is 4.90 Å². The monoisotopic (exact) mass is 364 g/mol. The van der Waals surface area contributed by atoms with Crippen molar-refractivity contribution < 1.29 is 8.42 Å². The summed E-state index contributed by atoms with van der Waals surface area (Å²) < 4.78 is 27.2. The lowest BCUT2D eigenvalue weighted by Crippen LogP contribution is -2.48. The van der Waals surface area contributed by atoms with Crippen molar-refractivity contribution in [2.24, 2.45) is 0 Å². The highest BCUT2D eigenvalue weighted by molar-refractivity contribution is 7.89. The molecule has 128 valence electrons. The molecule has 0 N–H and O–H groups in total. The third kappa shape index (κ3) is 3.29. The Hall–Kier alpha value is -1.56. The van der Waals surface area contributed by atoms with Crippen LogP contribution in [0.1, 0.15) is 11.1 Å². The molecule has 1 heterocycles. The molecule has 0 bridgehead atoms. The Morgan fingerprint density at radius 2 is 1.58 bits per heavy atom. The fraction of sp³-hybridized carbons (Fsp3) is 0.333. The molecule has 0 saturated carbocycles. The van der Waals surface area contributed by atoms with Crippen LogP contribution in [0.25, 0.3) is 0 Å². The molecule has 4 nitrogen and oxygen atoms in total. The summed E-state index contributed by atoms with van der Waals surface area (Å²) in [6.45, 7) is 6.07. The molecule has 2 aromatic rings. The van der Waals surface area contributed by atoms with E-state index >= 15 is 0 Å². The van der Waals surface area contributed by atoms with Crippen molar-refractivity contribution in [3.8, 4) is 0 Å². The number of benzene rings is 2. The first-order valence-corrected chi connectivity index (χ1v) is 9.78. The van der Waals surface area contributed by atoms with Crippen molar-refractivity contribution in [3.05, 3.63) is 58.6 Å². The van der Waals surface area contributed by atoms with Crippen LogP contribution < -0.4 is 4.90 Å². The Balaban J connectivity index is 1.75. The van der Waals surface area contributed by atoms with E-state index in [4.69, 9.17) is 11.6 Å². The quantitative estimate of drug-likeness (QED) is 0.837. The van der Waals surface area contributed by atoms with Crippen LogP contribution in [0.2, 0.25) is 5.02 Å². The maximum atomic E-state index is 12.8. The van der Waals surface area contributed by atoms with E-state index < -0.39 is 10.0 Å². The van der Waals surface area contributed by atoms with Gasteiger partial charge in [0, 0.05) is 36.9 Å². The number of hydrogen-bond donors (Lipinski definition) is 0. The zero-order chi connectivity index (χ0) is 17.3. The van der Waals surface area contributed by atoms with Crippen LogP contribution in [0.3, 0.4) is 0 Å². The number of hydrogen-bond acceptors (Lipinski definition) is 3. The number of sulfonamides is 1. The van der Waals surface area contributed by atoms with Crippen LogP contribution in [-0.4, -0.2) is 38.9 Å². The number of rotatable bonds is 3. The summed E-state index contributed by atoms with van der Waals surface area (Å²) in [7, 11) is -3.43. The van der Waals surface area contributed by atoms with Crippen LogP contribution in [0.5, 0.6) is 0 Å². The standard InChI is InChI=1S/C18H21ClN2O2S/c1-14-7-8-16(13-17(14)19)20-9-11-21(12-10-20)24(22,23)18-6-4-3-5-15(18)2/h3-8,13H,9-12H2,1-2H3. The summed E-state index contributed by atoms with van der Waals surface area (Å²) in [6.07, 6.45) is 0. The lowest BCUT2D eigenvalue weighted by Gasteiger charge is -2.35. The minimum Gasteiger partial charge on any atom is -0.369 e. The fourth-order valence-corrected chi connectivity index (χ4v) is 4.77. The Labute approximate surface area is 148 Å². The number of halogens is 1. The van der Waals surface area contributed by atoms with Gasteiger partial charge >= 0.3 is 0 Å². The Bertz CT molecular complexity index is 844. The average molecular weight is 365 g/mol. The van der Waals surface area contributed by atoms with E-state index in [1.165, 1.54) is 0 Å². The van der Waals surface area contributed by atoms with E-state index in [0.29, 0.717) is 31.1 Å². The molecule has 0 spiro atoms. The average Bonchev–Trinajstić information content (AvgIpc) is 2.58. The SMILES string of the molecule is Cc1ccc(N2CCN(S(=O)(=O)c3ccccc3C)CC2)cc1Cl. The molecule has 0 unspecified atom stereocenters. The highest BCUT2D eigenvalue weighted by atomic mass is 35.5. The maximum Gasteiger partial charge on any atom is 0.243 e. The Morgan fingerprint density at radius 3 is 2.21 bits per heavy atom. The summed E-state index contributed by atoms with van der Waals surface area (Å²) in [5, 5.41) is 0.738. The van der Waals surface area contributed by atoms with E-state index in [1.54, 1.807) is 16.4 Å². The first-order chi connectivity index (χ1) is 11.4. The van der Waals surface area contributed by atoms with Gasteiger partial charge in [-0.1, -0.05) is 35.9 Å². The molecule has 1 fully saturated rings. The lowest BCUT2D eigenvalue weighted by atomic mass is 10.2. The summed E-state index contributed by atoms with van der Waals surface area (Å²) in [5.41, 5.74) is 2.87. The highest BCUT2D eigenvalue weighted by Gasteiger charge is 2.29. The number of nitrogens with zero attached hydrogens (tertiary/aromatic N) is 2. The molecule has 0 aliphatic carbocycles. The van der Waals surface area contributed by atoms with E-state index in [9.17, 15) is 8.42 Å². The molecule has 1 aliphatic rings. The molecular weight excluding hydrogens is 344 g/mol. The van der Waals surface area contributed by atoms with Crippen molar-refractivity contribution in [2.45, 2.75) is 18.7 Å². The van der Waals surface area contributed by atoms with E-state index in [1.807, 2.05) is 44.2 Å². The van der Waals surface area contributed by atoms with Crippen molar-refractivity contribution in [1.29, 1.82) is 0 Å². The second kappa shape index (κ2) is 6.75. The van der Waals surface area contributed by atoms with Crippen molar-refractivity contribution in [3.63, 3.8) is 0 Å². The van der Waals surface area contributed by atoms with Gasteiger partial charge in [-0.2, -0.15) is 4.31 Å². The maximum absolute atomic E-state index is 12.8. The first-order valence-electron chi connectivity index (χ1n) is 7.96. The topological polar surface area (TPSA) is 40.6 Å². The lowest BCUT2D eigenvalue weighted by molar-refractivity contribution is 0.384. The summed E-state index contributed by atoms with van der Waals surface area (Å²) >= 11 is 6.20. The predicted octanol–water partition coefficient (Wildman–Crippen LogP) is 3.47. The molecule has 3 rings (SSSR count). The molecule has 1 aliphatic heterocycles.